The van der Waals surface area contributed by atoms with Crippen LogP contribution >= 0.6 is 35.0 Å². The van der Waals surface area contributed by atoms with Crippen molar-refractivity contribution in [2.24, 2.45) is 4.99 Å². The molecule has 3 aromatic carbocycles. The van der Waals surface area contributed by atoms with Gasteiger partial charge in [-0.3, -0.25) is 14.5 Å². The summed E-state index contributed by atoms with van der Waals surface area (Å²) >= 11 is 13.3. The highest BCUT2D eigenvalue weighted by atomic mass is 35.5. The van der Waals surface area contributed by atoms with Gasteiger partial charge in [-0.25, -0.2) is 9.38 Å². The molecule has 0 radical (unpaired) electrons. The molecule has 1 unspecified atom stereocenters. The maximum atomic E-state index is 13.2. The molecule has 9 heteroatoms. The molecule has 3 aromatic rings. The predicted octanol–water partition coefficient (Wildman–Crippen LogP) is 6.34. The van der Waals surface area contributed by atoms with Crippen LogP contribution in [0.2, 0.25) is 10.0 Å². The Labute approximate surface area is 211 Å². The number of halogens is 3. The molecule has 174 valence electrons. The maximum absolute atomic E-state index is 13.2. The summed E-state index contributed by atoms with van der Waals surface area (Å²) in [6.07, 6.45) is 0.495. The van der Waals surface area contributed by atoms with Crippen molar-refractivity contribution < 1.29 is 14.0 Å². The van der Waals surface area contributed by atoms with Gasteiger partial charge < -0.3 is 5.32 Å². The number of amidine groups is 1. The zero-order valence-electron chi connectivity index (χ0n) is 17.9. The maximum Gasteiger partial charge on any atom is 0.242 e. The minimum absolute atomic E-state index is 0.0332. The van der Waals surface area contributed by atoms with Crippen molar-refractivity contribution >= 4 is 63.3 Å². The van der Waals surface area contributed by atoms with Crippen LogP contribution in [0.25, 0.3) is 0 Å². The first-order valence-corrected chi connectivity index (χ1v) is 12.1. The van der Waals surface area contributed by atoms with Crippen LogP contribution in [-0.2, 0) is 16.0 Å². The van der Waals surface area contributed by atoms with Crippen molar-refractivity contribution in [3.05, 3.63) is 94.2 Å². The van der Waals surface area contributed by atoms with Gasteiger partial charge in [-0.1, -0.05) is 65.3 Å². The van der Waals surface area contributed by atoms with E-state index in [1.807, 2.05) is 30.3 Å². The second-order valence-electron chi connectivity index (χ2n) is 7.61. The van der Waals surface area contributed by atoms with Gasteiger partial charge in [-0.2, -0.15) is 0 Å². The quantitative estimate of drug-likeness (QED) is 0.399. The van der Waals surface area contributed by atoms with E-state index in [-0.39, 0.29) is 24.1 Å². The van der Waals surface area contributed by atoms with Crippen molar-refractivity contribution in [1.29, 1.82) is 0 Å². The molecule has 1 heterocycles. The molecule has 0 saturated carbocycles. The molecule has 1 atom stereocenters. The number of hydrogen-bond acceptors (Lipinski definition) is 4. The number of hydrogen-bond donors (Lipinski definition) is 1. The first kappa shape index (κ1) is 24.3. The molecular formula is C25H20Cl2FN3O2S. The van der Waals surface area contributed by atoms with E-state index in [4.69, 9.17) is 23.2 Å². The highest BCUT2D eigenvalue weighted by Gasteiger charge is 2.39. The molecular weight excluding hydrogens is 496 g/mol. The molecule has 0 aromatic heterocycles. The lowest BCUT2D eigenvalue weighted by molar-refractivity contribution is -0.128. The predicted molar refractivity (Wildman–Crippen MR) is 136 cm³/mol. The van der Waals surface area contributed by atoms with Gasteiger partial charge in [0.05, 0.1) is 5.69 Å². The fourth-order valence-corrected chi connectivity index (χ4v) is 5.15. The van der Waals surface area contributed by atoms with Gasteiger partial charge in [0.2, 0.25) is 11.8 Å². The van der Waals surface area contributed by atoms with Crippen LogP contribution in [0.1, 0.15) is 12.0 Å². The summed E-state index contributed by atoms with van der Waals surface area (Å²) in [6.45, 7) is 0.366. The number of rotatable bonds is 7. The normalized spacial score (nSPS) is 16.8. The monoisotopic (exact) mass is 515 g/mol. The van der Waals surface area contributed by atoms with Crippen LogP contribution in [0, 0.1) is 5.82 Å². The number of amides is 2. The number of carbonyl (C=O) groups excluding carboxylic acids is 2. The summed E-state index contributed by atoms with van der Waals surface area (Å²) in [4.78, 5) is 32.1. The number of thioether (sulfide) groups is 1. The molecule has 0 spiro atoms. The van der Waals surface area contributed by atoms with Crippen LogP contribution in [0.15, 0.2) is 77.8 Å². The SMILES string of the molecule is O=C(CC1SC(=Nc2ccccc2)N(CCc2ccc(F)cc2)C1=O)Nc1cc(Cl)cc(Cl)c1. The molecule has 1 N–H and O–H groups in total. The van der Waals surface area contributed by atoms with Crippen LogP contribution in [0.4, 0.5) is 15.8 Å². The Morgan fingerprint density at radius 1 is 1.03 bits per heavy atom. The molecule has 5 nitrogen and oxygen atoms in total. The van der Waals surface area contributed by atoms with Crippen molar-refractivity contribution in [3.63, 3.8) is 0 Å². The van der Waals surface area contributed by atoms with Crippen LogP contribution in [0.3, 0.4) is 0 Å². The largest absolute Gasteiger partial charge is 0.326 e. The Morgan fingerprint density at radius 2 is 1.71 bits per heavy atom. The first-order valence-electron chi connectivity index (χ1n) is 10.5. The third kappa shape index (κ3) is 6.38. The lowest BCUT2D eigenvalue weighted by atomic mass is 10.1. The Kier molecular flexibility index (Phi) is 7.88. The molecule has 0 aliphatic carbocycles. The van der Waals surface area contributed by atoms with Gasteiger partial charge in [0.15, 0.2) is 5.17 Å². The van der Waals surface area contributed by atoms with E-state index >= 15 is 0 Å². The van der Waals surface area contributed by atoms with E-state index in [1.165, 1.54) is 23.9 Å². The summed E-state index contributed by atoms with van der Waals surface area (Å²) in [5.74, 6) is -0.834. The van der Waals surface area contributed by atoms with E-state index in [1.54, 1.807) is 35.2 Å². The van der Waals surface area contributed by atoms with E-state index in [9.17, 15) is 14.0 Å². The van der Waals surface area contributed by atoms with E-state index in [0.29, 0.717) is 39.6 Å². The van der Waals surface area contributed by atoms with E-state index in [2.05, 4.69) is 10.3 Å². The van der Waals surface area contributed by atoms with Gasteiger partial charge in [0, 0.05) is 28.7 Å². The summed E-state index contributed by atoms with van der Waals surface area (Å²) < 4.78 is 13.2. The summed E-state index contributed by atoms with van der Waals surface area (Å²) in [5.41, 5.74) is 2.07. The van der Waals surface area contributed by atoms with Gasteiger partial charge in [-0.05, 0) is 54.4 Å². The number of anilines is 1. The van der Waals surface area contributed by atoms with Crippen molar-refractivity contribution in [1.82, 2.24) is 4.90 Å². The lowest BCUT2D eigenvalue weighted by Gasteiger charge is -2.16. The Balaban J connectivity index is 1.49. The van der Waals surface area contributed by atoms with Crippen LogP contribution in [0.5, 0.6) is 0 Å². The summed E-state index contributed by atoms with van der Waals surface area (Å²) in [7, 11) is 0. The highest BCUT2D eigenvalue weighted by molar-refractivity contribution is 8.15. The third-order valence-corrected chi connectivity index (χ3v) is 6.67. The van der Waals surface area contributed by atoms with Crippen molar-refractivity contribution in [2.45, 2.75) is 18.1 Å². The number of benzene rings is 3. The highest BCUT2D eigenvalue weighted by Crippen LogP contribution is 2.32. The number of para-hydroxylation sites is 1. The van der Waals surface area contributed by atoms with Gasteiger partial charge in [-0.15, -0.1) is 0 Å². The lowest BCUT2D eigenvalue weighted by Crippen LogP contribution is -2.35. The van der Waals surface area contributed by atoms with Crippen molar-refractivity contribution in [2.75, 3.05) is 11.9 Å². The number of aliphatic imine (C=N–C) groups is 1. The van der Waals surface area contributed by atoms with Crippen molar-refractivity contribution in [3.8, 4) is 0 Å². The molecule has 0 bridgehead atoms. The Hall–Kier alpha value is -2.87. The fraction of sp³-hybridized carbons (Fsp3) is 0.160. The second kappa shape index (κ2) is 11.0. The van der Waals surface area contributed by atoms with Crippen LogP contribution in [-0.4, -0.2) is 33.7 Å². The Morgan fingerprint density at radius 3 is 2.38 bits per heavy atom. The average molecular weight is 516 g/mol. The molecule has 1 saturated heterocycles. The third-order valence-electron chi connectivity index (χ3n) is 5.06. The van der Waals surface area contributed by atoms with E-state index in [0.717, 1.165) is 5.56 Å². The fourth-order valence-electron chi connectivity index (χ4n) is 3.44. The molecule has 34 heavy (non-hydrogen) atoms. The second-order valence-corrected chi connectivity index (χ2v) is 9.66. The summed E-state index contributed by atoms with van der Waals surface area (Å²) in [6, 6.07) is 20.2. The molecule has 4 rings (SSSR count). The minimum Gasteiger partial charge on any atom is -0.326 e. The smallest absolute Gasteiger partial charge is 0.242 e. The average Bonchev–Trinajstić information content (AvgIpc) is 3.07. The zero-order chi connectivity index (χ0) is 24.1. The first-order chi connectivity index (χ1) is 16.4. The van der Waals surface area contributed by atoms with Crippen LogP contribution < -0.4 is 5.32 Å². The summed E-state index contributed by atoms with van der Waals surface area (Å²) in [5, 5.41) is 3.46. The van der Waals surface area contributed by atoms with Gasteiger partial charge >= 0.3 is 0 Å². The van der Waals surface area contributed by atoms with Gasteiger partial charge in [0.25, 0.3) is 0 Å². The topological polar surface area (TPSA) is 61.8 Å². The van der Waals surface area contributed by atoms with E-state index < -0.39 is 5.25 Å². The molecule has 1 aliphatic heterocycles. The minimum atomic E-state index is -0.620. The molecule has 1 fully saturated rings. The molecule has 2 amide bonds. The number of carbonyl (C=O) groups is 2. The van der Waals surface area contributed by atoms with Gasteiger partial charge in [0.1, 0.15) is 11.1 Å². The Bertz CT molecular complexity index is 1200. The zero-order valence-corrected chi connectivity index (χ0v) is 20.2. The number of nitrogens with one attached hydrogen (secondary N) is 1. The number of nitrogens with zero attached hydrogens (tertiary/aromatic N) is 2. The standard InChI is InChI=1S/C25H20Cl2FN3O2S/c26-17-12-18(27)14-21(13-17)29-23(32)15-22-24(33)31(11-10-16-6-8-19(28)9-7-16)25(34-22)30-20-4-2-1-3-5-20/h1-9,12-14,22H,10-11,15H2,(H,29,32). The molecule has 1 aliphatic rings.